The zero-order valence-corrected chi connectivity index (χ0v) is 13.8. The number of carbonyl (C=O) groups excluding carboxylic acids is 2. The van der Waals surface area contributed by atoms with Crippen LogP contribution in [-0.4, -0.2) is 35.8 Å². The van der Waals surface area contributed by atoms with Gasteiger partial charge in [0.05, 0.1) is 0 Å². The molecule has 4 heteroatoms. The quantitative estimate of drug-likeness (QED) is 0.909. The van der Waals surface area contributed by atoms with Crippen molar-refractivity contribution < 1.29 is 9.59 Å². The molecule has 1 aromatic carbocycles. The Kier molecular flexibility index (Phi) is 5.58. The summed E-state index contributed by atoms with van der Waals surface area (Å²) in [5.41, 5.74) is 1.57. The van der Waals surface area contributed by atoms with Crippen LogP contribution in [0.4, 0.5) is 0 Å². The fourth-order valence-electron chi connectivity index (χ4n) is 2.91. The molecular formula is C18H26N2O2. The minimum absolute atomic E-state index is 0.0631. The Morgan fingerprint density at radius 1 is 1.18 bits per heavy atom. The van der Waals surface area contributed by atoms with Gasteiger partial charge in [0.15, 0.2) is 0 Å². The van der Waals surface area contributed by atoms with Crippen molar-refractivity contribution in [3.05, 3.63) is 35.4 Å². The van der Waals surface area contributed by atoms with Crippen LogP contribution in [0.5, 0.6) is 0 Å². The third-order valence-corrected chi connectivity index (χ3v) is 4.12. The summed E-state index contributed by atoms with van der Waals surface area (Å²) in [5, 5.41) is 2.95. The lowest BCUT2D eigenvalue weighted by atomic mass is 10.0. The van der Waals surface area contributed by atoms with Crippen molar-refractivity contribution in [3.63, 3.8) is 0 Å². The van der Waals surface area contributed by atoms with Gasteiger partial charge in [-0.05, 0) is 43.7 Å². The Morgan fingerprint density at radius 2 is 1.82 bits per heavy atom. The maximum atomic E-state index is 12.6. The highest BCUT2D eigenvalue weighted by molar-refractivity contribution is 5.98. The van der Waals surface area contributed by atoms with Crippen molar-refractivity contribution in [2.24, 2.45) is 5.92 Å². The molecule has 1 heterocycles. The lowest BCUT2D eigenvalue weighted by Crippen LogP contribution is -2.48. The lowest BCUT2D eigenvalue weighted by Gasteiger charge is -2.25. The maximum Gasteiger partial charge on any atom is 0.252 e. The largest absolute Gasteiger partial charge is 0.341 e. The molecule has 1 aliphatic rings. The van der Waals surface area contributed by atoms with E-state index in [-0.39, 0.29) is 11.8 Å². The third kappa shape index (κ3) is 4.09. The van der Waals surface area contributed by atoms with E-state index in [0.717, 1.165) is 31.5 Å². The van der Waals surface area contributed by atoms with E-state index in [1.165, 1.54) is 0 Å². The van der Waals surface area contributed by atoms with E-state index in [9.17, 15) is 9.59 Å². The van der Waals surface area contributed by atoms with E-state index in [0.29, 0.717) is 17.9 Å². The number of hydrogen-bond donors (Lipinski definition) is 1. The van der Waals surface area contributed by atoms with E-state index < -0.39 is 6.04 Å². The van der Waals surface area contributed by atoms with E-state index >= 15 is 0 Å². The molecule has 0 aromatic heterocycles. The van der Waals surface area contributed by atoms with Crippen molar-refractivity contribution in [3.8, 4) is 0 Å². The van der Waals surface area contributed by atoms with Crippen LogP contribution in [0.1, 0.15) is 49.0 Å². The first-order valence-corrected chi connectivity index (χ1v) is 8.14. The second-order valence-electron chi connectivity index (χ2n) is 6.50. The molecule has 4 nitrogen and oxygen atoms in total. The molecular weight excluding hydrogens is 276 g/mol. The van der Waals surface area contributed by atoms with Crippen molar-refractivity contribution >= 4 is 11.8 Å². The average Bonchev–Trinajstić information content (AvgIpc) is 2.99. The van der Waals surface area contributed by atoms with Gasteiger partial charge in [0.1, 0.15) is 6.04 Å². The number of likely N-dealkylation sites (tertiary alicyclic amines) is 1. The Balaban J connectivity index is 2.10. The van der Waals surface area contributed by atoms with Crippen LogP contribution in [0.2, 0.25) is 0 Å². The molecule has 1 saturated heterocycles. The molecule has 0 aliphatic carbocycles. The number of aryl methyl sites for hydroxylation is 1. The van der Waals surface area contributed by atoms with Gasteiger partial charge in [-0.25, -0.2) is 0 Å². The lowest BCUT2D eigenvalue weighted by molar-refractivity contribution is -0.132. The van der Waals surface area contributed by atoms with Gasteiger partial charge in [0.25, 0.3) is 5.91 Å². The molecule has 1 N–H and O–H groups in total. The van der Waals surface area contributed by atoms with Crippen LogP contribution in [0.25, 0.3) is 0 Å². The van der Waals surface area contributed by atoms with E-state index in [4.69, 9.17) is 0 Å². The van der Waals surface area contributed by atoms with Gasteiger partial charge in [0.2, 0.25) is 5.91 Å². The average molecular weight is 302 g/mol. The minimum atomic E-state index is -0.426. The fourth-order valence-corrected chi connectivity index (χ4v) is 2.91. The number of rotatable bonds is 5. The predicted molar refractivity (Wildman–Crippen MR) is 87.7 cm³/mol. The molecule has 22 heavy (non-hydrogen) atoms. The molecule has 1 unspecified atom stereocenters. The molecule has 2 amide bonds. The number of carbonyl (C=O) groups is 2. The second kappa shape index (κ2) is 7.43. The van der Waals surface area contributed by atoms with Gasteiger partial charge < -0.3 is 10.2 Å². The van der Waals surface area contributed by atoms with Crippen LogP contribution < -0.4 is 5.32 Å². The normalized spacial score (nSPS) is 15.9. The third-order valence-electron chi connectivity index (χ3n) is 4.12. The summed E-state index contributed by atoms with van der Waals surface area (Å²) in [6.45, 7) is 7.68. The molecule has 1 atom stereocenters. The van der Waals surface area contributed by atoms with Crippen LogP contribution in [0.3, 0.4) is 0 Å². The van der Waals surface area contributed by atoms with Crippen LogP contribution >= 0.6 is 0 Å². The molecule has 1 aliphatic heterocycles. The molecule has 1 aromatic rings. The van der Waals surface area contributed by atoms with Crippen molar-refractivity contribution in [2.75, 3.05) is 13.1 Å². The monoisotopic (exact) mass is 302 g/mol. The van der Waals surface area contributed by atoms with E-state index in [1.54, 1.807) is 6.07 Å². The Morgan fingerprint density at radius 3 is 2.41 bits per heavy atom. The van der Waals surface area contributed by atoms with Crippen molar-refractivity contribution in [1.29, 1.82) is 0 Å². The molecule has 1 fully saturated rings. The Labute approximate surface area is 132 Å². The molecule has 0 radical (unpaired) electrons. The number of hydrogen-bond acceptors (Lipinski definition) is 2. The summed E-state index contributed by atoms with van der Waals surface area (Å²) in [4.78, 5) is 27.0. The summed E-state index contributed by atoms with van der Waals surface area (Å²) in [6.07, 6.45) is 2.80. The van der Waals surface area contributed by atoms with Gasteiger partial charge in [-0.2, -0.15) is 0 Å². The summed E-state index contributed by atoms with van der Waals surface area (Å²) in [5.74, 6) is 0.262. The molecule has 0 spiro atoms. The van der Waals surface area contributed by atoms with Gasteiger partial charge in [-0.3, -0.25) is 9.59 Å². The molecule has 2 rings (SSSR count). The van der Waals surface area contributed by atoms with E-state index in [1.807, 2.05) is 30.0 Å². The number of amides is 2. The number of nitrogens with one attached hydrogen (secondary N) is 1. The van der Waals surface area contributed by atoms with Gasteiger partial charge in [-0.1, -0.05) is 32.0 Å². The van der Waals surface area contributed by atoms with Gasteiger partial charge in [-0.15, -0.1) is 0 Å². The first kappa shape index (κ1) is 16.5. The first-order chi connectivity index (χ1) is 10.5. The zero-order chi connectivity index (χ0) is 16.1. The van der Waals surface area contributed by atoms with Crippen LogP contribution in [0, 0.1) is 12.8 Å². The van der Waals surface area contributed by atoms with Gasteiger partial charge >= 0.3 is 0 Å². The summed E-state index contributed by atoms with van der Waals surface area (Å²) in [7, 11) is 0. The first-order valence-electron chi connectivity index (χ1n) is 8.14. The van der Waals surface area contributed by atoms with Crippen molar-refractivity contribution in [2.45, 2.75) is 46.1 Å². The second-order valence-corrected chi connectivity index (χ2v) is 6.50. The zero-order valence-electron chi connectivity index (χ0n) is 13.8. The fraction of sp³-hybridized carbons (Fsp3) is 0.556. The molecule has 0 bridgehead atoms. The van der Waals surface area contributed by atoms with Crippen molar-refractivity contribution in [1.82, 2.24) is 10.2 Å². The topological polar surface area (TPSA) is 49.4 Å². The molecule has 0 saturated carbocycles. The molecule has 120 valence electrons. The minimum Gasteiger partial charge on any atom is -0.341 e. The van der Waals surface area contributed by atoms with Gasteiger partial charge in [0, 0.05) is 18.7 Å². The maximum absolute atomic E-state index is 12.6. The number of nitrogens with zero attached hydrogens (tertiary/aromatic N) is 1. The Bertz CT molecular complexity index is 534. The highest BCUT2D eigenvalue weighted by Gasteiger charge is 2.28. The van der Waals surface area contributed by atoms with Crippen LogP contribution in [0.15, 0.2) is 24.3 Å². The highest BCUT2D eigenvalue weighted by atomic mass is 16.2. The highest BCUT2D eigenvalue weighted by Crippen LogP contribution is 2.15. The van der Waals surface area contributed by atoms with Crippen LogP contribution in [-0.2, 0) is 4.79 Å². The summed E-state index contributed by atoms with van der Waals surface area (Å²) < 4.78 is 0. The Hall–Kier alpha value is -1.84. The van der Waals surface area contributed by atoms with E-state index in [2.05, 4.69) is 19.2 Å². The predicted octanol–water partition coefficient (Wildman–Crippen LogP) is 2.76. The SMILES string of the molecule is Cc1ccccc1C(=O)NC(CC(C)C)C(=O)N1CCCC1. The smallest absolute Gasteiger partial charge is 0.252 e. The summed E-state index contributed by atoms with van der Waals surface area (Å²) >= 11 is 0. The standard InChI is InChI=1S/C18H26N2O2/c1-13(2)12-16(18(22)20-10-6-7-11-20)19-17(21)15-9-5-4-8-14(15)3/h4-5,8-9,13,16H,6-7,10-12H2,1-3H3,(H,19,21). The number of benzene rings is 1. The summed E-state index contributed by atoms with van der Waals surface area (Å²) in [6, 6.07) is 7.05.